The van der Waals surface area contributed by atoms with Crippen LogP contribution >= 0.6 is 0 Å². The molecule has 3 heterocycles. The van der Waals surface area contributed by atoms with Crippen molar-refractivity contribution in [3.8, 4) is 17.2 Å². The molecular weight excluding hydrogens is 382 g/mol. The van der Waals surface area contributed by atoms with Gasteiger partial charge in [-0.3, -0.25) is 14.8 Å². The zero-order chi connectivity index (χ0) is 20.6. The van der Waals surface area contributed by atoms with Gasteiger partial charge in [0.15, 0.2) is 11.5 Å². The molecule has 1 fully saturated rings. The van der Waals surface area contributed by atoms with Crippen molar-refractivity contribution < 1.29 is 18.9 Å². The van der Waals surface area contributed by atoms with Gasteiger partial charge in [-0.1, -0.05) is 6.07 Å². The average Bonchev–Trinajstić information content (AvgIpc) is 3.23. The van der Waals surface area contributed by atoms with Crippen molar-refractivity contribution in [3.05, 3.63) is 47.8 Å². The van der Waals surface area contributed by atoms with E-state index in [4.69, 9.17) is 18.9 Å². The van der Waals surface area contributed by atoms with Gasteiger partial charge in [0.05, 0.1) is 19.8 Å². The minimum Gasteiger partial charge on any atom is -0.493 e. The average molecular weight is 414 g/mol. The fourth-order valence-corrected chi connectivity index (χ4v) is 3.93. The van der Waals surface area contributed by atoms with Gasteiger partial charge in [-0.05, 0) is 37.6 Å². The van der Waals surface area contributed by atoms with Crippen LogP contribution in [0.4, 0.5) is 0 Å². The van der Waals surface area contributed by atoms with E-state index >= 15 is 0 Å². The van der Waals surface area contributed by atoms with Crippen molar-refractivity contribution in [1.29, 1.82) is 0 Å². The smallest absolute Gasteiger partial charge is 0.231 e. The van der Waals surface area contributed by atoms with E-state index in [0.717, 1.165) is 81.7 Å². The SMILES string of the molecule is CCOc1cc2c(cc1CN(CCCN1CCOCC1)Cc1cccnc1)OCO2. The van der Waals surface area contributed by atoms with Crippen LogP contribution in [-0.4, -0.2) is 67.6 Å². The Balaban J connectivity index is 1.46. The number of nitrogens with zero attached hydrogens (tertiary/aromatic N) is 3. The number of hydrogen-bond acceptors (Lipinski definition) is 7. The molecule has 0 atom stereocenters. The fourth-order valence-electron chi connectivity index (χ4n) is 3.93. The topological polar surface area (TPSA) is 56.3 Å². The molecular formula is C23H31N3O4. The van der Waals surface area contributed by atoms with E-state index in [0.29, 0.717) is 6.61 Å². The van der Waals surface area contributed by atoms with Gasteiger partial charge in [-0.2, -0.15) is 0 Å². The Morgan fingerprint density at radius 1 is 1.13 bits per heavy atom. The summed E-state index contributed by atoms with van der Waals surface area (Å²) < 4.78 is 22.5. The summed E-state index contributed by atoms with van der Waals surface area (Å²) in [6.07, 6.45) is 4.87. The van der Waals surface area contributed by atoms with Crippen LogP contribution in [0.1, 0.15) is 24.5 Å². The van der Waals surface area contributed by atoms with Crippen LogP contribution in [0.15, 0.2) is 36.7 Å². The molecule has 0 spiro atoms. The molecule has 1 aromatic heterocycles. The molecule has 2 aliphatic rings. The summed E-state index contributed by atoms with van der Waals surface area (Å²) in [5.41, 5.74) is 2.33. The number of ether oxygens (including phenoxy) is 4. The number of pyridine rings is 1. The van der Waals surface area contributed by atoms with Crippen molar-refractivity contribution in [1.82, 2.24) is 14.8 Å². The van der Waals surface area contributed by atoms with Crippen molar-refractivity contribution in [2.45, 2.75) is 26.4 Å². The summed E-state index contributed by atoms with van der Waals surface area (Å²) in [7, 11) is 0. The van der Waals surface area contributed by atoms with Crippen LogP contribution in [0, 0.1) is 0 Å². The number of rotatable bonds is 10. The maximum atomic E-state index is 5.92. The normalized spacial score (nSPS) is 16.2. The molecule has 0 radical (unpaired) electrons. The highest BCUT2D eigenvalue weighted by Gasteiger charge is 2.20. The molecule has 0 aliphatic carbocycles. The fraction of sp³-hybridized carbons (Fsp3) is 0.522. The Labute approximate surface area is 178 Å². The molecule has 0 unspecified atom stereocenters. The van der Waals surface area contributed by atoms with Crippen molar-refractivity contribution in [2.75, 3.05) is 52.8 Å². The predicted molar refractivity (Wildman–Crippen MR) is 114 cm³/mol. The van der Waals surface area contributed by atoms with E-state index in [-0.39, 0.29) is 6.79 Å². The lowest BCUT2D eigenvalue weighted by Gasteiger charge is -2.28. The van der Waals surface area contributed by atoms with Gasteiger partial charge in [0.1, 0.15) is 5.75 Å². The van der Waals surface area contributed by atoms with E-state index < -0.39 is 0 Å². The first-order chi connectivity index (χ1) is 14.8. The maximum absolute atomic E-state index is 5.92. The van der Waals surface area contributed by atoms with Gasteiger partial charge < -0.3 is 18.9 Å². The zero-order valence-corrected chi connectivity index (χ0v) is 17.7. The second-order valence-electron chi connectivity index (χ2n) is 7.63. The molecule has 162 valence electrons. The molecule has 7 heteroatoms. The van der Waals surface area contributed by atoms with Crippen molar-refractivity contribution in [3.63, 3.8) is 0 Å². The quantitative estimate of drug-likeness (QED) is 0.594. The molecule has 0 saturated carbocycles. The first-order valence-corrected chi connectivity index (χ1v) is 10.8. The van der Waals surface area contributed by atoms with Gasteiger partial charge in [-0.15, -0.1) is 0 Å². The Morgan fingerprint density at radius 3 is 2.73 bits per heavy atom. The van der Waals surface area contributed by atoms with Crippen LogP contribution in [0.3, 0.4) is 0 Å². The van der Waals surface area contributed by atoms with E-state index in [1.807, 2.05) is 31.5 Å². The molecule has 4 rings (SSSR count). The largest absolute Gasteiger partial charge is 0.493 e. The van der Waals surface area contributed by atoms with Gasteiger partial charge in [0.25, 0.3) is 0 Å². The number of fused-ring (bicyclic) bond motifs is 1. The Morgan fingerprint density at radius 2 is 1.97 bits per heavy atom. The second-order valence-corrected chi connectivity index (χ2v) is 7.63. The van der Waals surface area contributed by atoms with Crippen LogP contribution in [-0.2, 0) is 17.8 Å². The van der Waals surface area contributed by atoms with Crippen molar-refractivity contribution in [2.24, 2.45) is 0 Å². The Bertz CT molecular complexity index is 797. The molecule has 0 amide bonds. The summed E-state index contributed by atoms with van der Waals surface area (Å²) >= 11 is 0. The lowest BCUT2D eigenvalue weighted by molar-refractivity contribution is 0.0358. The summed E-state index contributed by atoms with van der Waals surface area (Å²) in [6, 6.07) is 8.14. The molecule has 1 aromatic carbocycles. The molecule has 7 nitrogen and oxygen atoms in total. The molecule has 0 bridgehead atoms. The Hall–Kier alpha value is -2.35. The molecule has 1 saturated heterocycles. The van der Waals surface area contributed by atoms with Crippen LogP contribution in [0.5, 0.6) is 17.2 Å². The summed E-state index contributed by atoms with van der Waals surface area (Å²) in [6.45, 7) is 10.3. The lowest BCUT2D eigenvalue weighted by Crippen LogP contribution is -2.38. The third-order valence-electron chi connectivity index (χ3n) is 5.43. The molecule has 2 aliphatic heterocycles. The minimum atomic E-state index is 0.267. The van der Waals surface area contributed by atoms with Gasteiger partial charge in [0, 0.05) is 56.7 Å². The zero-order valence-electron chi connectivity index (χ0n) is 17.7. The van der Waals surface area contributed by atoms with Crippen molar-refractivity contribution >= 4 is 0 Å². The third kappa shape index (κ3) is 5.62. The van der Waals surface area contributed by atoms with Crippen LogP contribution in [0.2, 0.25) is 0 Å². The maximum Gasteiger partial charge on any atom is 0.231 e. The number of aromatic nitrogens is 1. The van der Waals surface area contributed by atoms with E-state index in [1.165, 1.54) is 5.56 Å². The molecule has 0 N–H and O–H groups in total. The molecule has 30 heavy (non-hydrogen) atoms. The number of benzene rings is 1. The monoisotopic (exact) mass is 413 g/mol. The van der Waals surface area contributed by atoms with E-state index in [1.54, 1.807) is 0 Å². The van der Waals surface area contributed by atoms with Crippen LogP contribution in [0.25, 0.3) is 0 Å². The molecule has 2 aromatic rings. The second kappa shape index (κ2) is 10.6. The number of hydrogen-bond donors (Lipinski definition) is 0. The number of morpholine rings is 1. The first-order valence-electron chi connectivity index (χ1n) is 10.8. The third-order valence-corrected chi connectivity index (χ3v) is 5.43. The van der Waals surface area contributed by atoms with Gasteiger partial charge >= 0.3 is 0 Å². The minimum absolute atomic E-state index is 0.267. The predicted octanol–water partition coefficient (Wildman–Crippen LogP) is 2.93. The lowest BCUT2D eigenvalue weighted by atomic mass is 10.1. The van der Waals surface area contributed by atoms with Gasteiger partial charge in [0.2, 0.25) is 6.79 Å². The highest BCUT2D eigenvalue weighted by Crippen LogP contribution is 2.38. The van der Waals surface area contributed by atoms with Gasteiger partial charge in [-0.25, -0.2) is 0 Å². The summed E-state index contributed by atoms with van der Waals surface area (Å²) in [4.78, 5) is 9.22. The van der Waals surface area contributed by atoms with E-state index in [9.17, 15) is 0 Å². The summed E-state index contributed by atoms with van der Waals surface area (Å²) in [5.74, 6) is 2.42. The Kier molecular flexibility index (Phi) is 7.39. The highest BCUT2D eigenvalue weighted by molar-refractivity contribution is 5.51. The summed E-state index contributed by atoms with van der Waals surface area (Å²) in [5, 5.41) is 0. The highest BCUT2D eigenvalue weighted by atomic mass is 16.7. The first kappa shape index (κ1) is 20.9. The van der Waals surface area contributed by atoms with E-state index in [2.05, 4.69) is 26.9 Å². The standard InChI is InChI=1S/C23H31N3O4/c1-2-28-21-14-23-22(29-18-30-23)13-20(21)17-26(16-19-5-3-6-24-15-19)8-4-7-25-9-11-27-12-10-25/h3,5-6,13-15H,2,4,7-12,16-18H2,1H3. The van der Waals surface area contributed by atoms with Crippen LogP contribution < -0.4 is 14.2 Å².